The Morgan fingerprint density at radius 1 is 1.38 bits per heavy atom. The second-order valence-corrected chi connectivity index (χ2v) is 5.89. The number of methoxy groups -OCH3 is 1. The topological polar surface area (TPSA) is 112 Å². The highest BCUT2D eigenvalue weighted by atomic mass is 32.2. The number of carbonyl (C=O) groups excluding carboxylic acids is 1. The van der Waals surface area contributed by atoms with E-state index in [4.69, 9.17) is 10.2 Å². The molecule has 1 aromatic heterocycles. The SMILES string of the molecule is COC(=O)c1ccc(N)cc1S(=O)(=O)NCc1ccco1. The molecule has 3 N–H and O–H groups in total. The van der Waals surface area contributed by atoms with Crippen LogP contribution in [0.25, 0.3) is 0 Å². The first-order valence-corrected chi connectivity index (χ1v) is 7.42. The fourth-order valence-electron chi connectivity index (χ4n) is 1.70. The maximum absolute atomic E-state index is 12.3. The number of rotatable bonds is 5. The molecule has 2 rings (SSSR count). The average molecular weight is 310 g/mol. The largest absolute Gasteiger partial charge is 0.468 e. The molecular formula is C13H14N2O5S. The molecule has 0 saturated heterocycles. The Hall–Kier alpha value is -2.32. The van der Waals surface area contributed by atoms with Crippen LogP contribution in [0.3, 0.4) is 0 Å². The molecule has 0 amide bonds. The molecule has 8 heteroatoms. The number of sulfonamides is 1. The number of nitrogens with two attached hydrogens (primary N) is 1. The number of nitrogen functional groups attached to an aromatic ring is 1. The first kappa shape index (κ1) is 15.1. The standard InChI is InChI=1S/C13H14N2O5S/c1-19-13(16)11-5-4-9(14)7-12(11)21(17,18)15-8-10-3-2-6-20-10/h2-7,15H,8,14H2,1H3. The summed E-state index contributed by atoms with van der Waals surface area (Å²) in [4.78, 5) is 11.4. The lowest BCUT2D eigenvalue weighted by atomic mass is 10.2. The number of esters is 1. The molecule has 1 heterocycles. The van der Waals surface area contributed by atoms with E-state index in [1.807, 2.05) is 0 Å². The number of carbonyl (C=O) groups is 1. The van der Waals surface area contributed by atoms with E-state index >= 15 is 0 Å². The Morgan fingerprint density at radius 3 is 2.76 bits per heavy atom. The van der Waals surface area contributed by atoms with Crippen LogP contribution < -0.4 is 10.5 Å². The summed E-state index contributed by atoms with van der Waals surface area (Å²) in [6, 6.07) is 7.21. The number of benzene rings is 1. The van der Waals surface area contributed by atoms with Crippen LogP contribution in [0.1, 0.15) is 16.1 Å². The molecular weight excluding hydrogens is 296 g/mol. The normalized spacial score (nSPS) is 11.3. The second kappa shape index (κ2) is 5.98. The summed E-state index contributed by atoms with van der Waals surface area (Å²) in [5.41, 5.74) is 5.73. The molecule has 112 valence electrons. The zero-order valence-electron chi connectivity index (χ0n) is 11.2. The van der Waals surface area contributed by atoms with Crippen LogP contribution in [0.4, 0.5) is 5.69 Å². The van der Waals surface area contributed by atoms with E-state index in [1.165, 1.54) is 31.6 Å². The van der Waals surface area contributed by atoms with Gasteiger partial charge in [-0.1, -0.05) is 0 Å². The molecule has 0 aliphatic carbocycles. The molecule has 0 unspecified atom stereocenters. The van der Waals surface area contributed by atoms with Gasteiger partial charge in [0.05, 0.1) is 30.4 Å². The Labute approximate surface area is 121 Å². The van der Waals surface area contributed by atoms with Gasteiger partial charge in [0.15, 0.2) is 0 Å². The van der Waals surface area contributed by atoms with Crippen molar-refractivity contribution in [1.82, 2.24) is 4.72 Å². The first-order valence-electron chi connectivity index (χ1n) is 5.94. The average Bonchev–Trinajstić information content (AvgIpc) is 2.98. The number of ether oxygens (including phenoxy) is 1. The lowest BCUT2D eigenvalue weighted by Crippen LogP contribution is -2.25. The van der Waals surface area contributed by atoms with Gasteiger partial charge in [-0.25, -0.2) is 17.9 Å². The van der Waals surface area contributed by atoms with E-state index in [-0.39, 0.29) is 22.7 Å². The summed E-state index contributed by atoms with van der Waals surface area (Å²) in [5.74, 6) is -0.310. The third-order valence-corrected chi connectivity index (χ3v) is 4.16. The van der Waals surface area contributed by atoms with Crippen molar-refractivity contribution < 1.29 is 22.4 Å². The lowest BCUT2D eigenvalue weighted by molar-refractivity contribution is 0.0596. The highest BCUT2D eigenvalue weighted by molar-refractivity contribution is 7.89. The predicted octanol–water partition coefficient (Wildman–Crippen LogP) is 1.13. The molecule has 0 atom stereocenters. The molecule has 0 fully saturated rings. The number of furan rings is 1. The van der Waals surface area contributed by atoms with Gasteiger partial charge in [-0.2, -0.15) is 0 Å². The minimum Gasteiger partial charge on any atom is -0.468 e. The van der Waals surface area contributed by atoms with Crippen LogP contribution in [0.2, 0.25) is 0 Å². The van der Waals surface area contributed by atoms with Crippen molar-refractivity contribution >= 4 is 21.7 Å². The molecule has 7 nitrogen and oxygen atoms in total. The van der Waals surface area contributed by atoms with E-state index in [0.29, 0.717) is 5.76 Å². The highest BCUT2D eigenvalue weighted by Crippen LogP contribution is 2.20. The van der Waals surface area contributed by atoms with E-state index < -0.39 is 16.0 Å². The van der Waals surface area contributed by atoms with Crippen molar-refractivity contribution in [3.8, 4) is 0 Å². The van der Waals surface area contributed by atoms with Crippen molar-refractivity contribution in [3.05, 3.63) is 47.9 Å². The van der Waals surface area contributed by atoms with E-state index in [2.05, 4.69) is 9.46 Å². The monoisotopic (exact) mass is 310 g/mol. The molecule has 21 heavy (non-hydrogen) atoms. The maximum atomic E-state index is 12.3. The highest BCUT2D eigenvalue weighted by Gasteiger charge is 2.23. The minimum atomic E-state index is -3.94. The fraction of sp³-hybridized carbons (Fsp3) is 0.154. The van der Waals surface area contributed by atoms with Crippen LogP contribution in [0.15, 0.2) is 45.9 Å². The van der Waals surface area contributed by atoms with Gasteiger partial charge in [-0.15, -0.1) is 0 Å². The first-order chi connectivity index (χ1) is 9.94. The van der Waals surface area contributed by atoms with Gasteiger partial charge in [0.2, 0.25) is 10.0 Å². The summed E-state index contributed by atoms with van der Waals surface area (Å²) in [6.45, 7) is -0.0370. The summed E-state index contributed by atoms with van der Waals surface area (Å²) >= 11 is 0. The summed E-state index contributed by atoms with van der Waals surface area (Å²) in [5, 5.41) is 0. The lowest BCUT2D eigenvalue weighted by Gasteiger charge is -2.10. The molecule has 0 aliphatic rings. The molecule has 2 aromatic rings. The van der Waals surface area contributed by atoms with Crippen molar-refractivity contribution in [2.24, 2.45) is 0 Å². The summed E-state index contributed by atoms with van der Waals surface area (Å²) in [6.07, 6.45) is 1.43. The molecule has 0 bridgehead atoms. The number of nitrogens with one attached hydrogen (secondary N) is 1. The van der Waals surface area contributed by atoms with Gasteiger partial charge in [0.1, 0.15) is 5.76 Å². The van der Waals surface area contributed by atoms with Gasteiger partial charge in [-0.05, 0) is 30.3 Å². The van der Waals surface area contributed by atoms with Gasteiger partial charge < -0.3 is 14.9 Å². The quantitative estimate of drug-likeness (QED) is 0.632. The van der Waals surface area contributed by atoms with Crippen LogP contribution in [-0.4, -0.2) is 21.5 Å². The predicted molar refractivity (Wildman–Crippen MR) is 74.9 cm³/mol. The van der Waals surface area contributed by atoms with Gasteiger partial charge in [0.25, 0.3) is 0 Å². The van der Waals surface area contributed by atoms with E-state index in [1.54, 1.807) is 12.1 Å². The maximum Gasteiger partial charge on any atom is 0.339 e. The van der Waals surface area contributed by atoms with Crippen molar-refractivity contribution in [1.29, 1.82) is 0 Å². The fourth-order valence-corrected chi connectivity index (χ4v) is 2.92. The smallest absolute Gasteiger partial charge is 0.339 e. The number of anilines is 1. The third kappa shape index (κ3) is 3.41. The van der Waals surface area contributed by atoms with Crippen molar-refractivity contribution in [2.75, 3.05) is 12.8 Å². The van der Waals surface area contributed by atoms with E-state index in [9.17, 15) is 13.2 Å². The Balaban J connectivity index is 2.34. The Morgan fingerprint density at radius 2 is 2.14 bits per heavy atom. The third-order valence-electron chi connectivity index (χ3n) is 2.72. The summed E-state index contributed by atoms with van der Waals surface area (Å²) < 4.78 is 36.6. The zero-order valence-corrected chi connectivity index (χ0v) is 12.0. The van der Waals surface area contributed by atoms with Gasteiger partial charge >= 0.3 is 5.97 Å². The van der Waals surface area contributed by atoms with E-state index in [0.717, 1.165) is 0 Å². The molecule has 0 saturated carbocycles. The molecule has 0 radical (unpaired) electrons. The van der Waals surface area contributed by atoms with Crippen LogP contribution in [-0.2, 0) is 21.3 Å². The molecule has 0 aliphatic heterocycles. The Kier molecular flexibility index (Phi) is 4.29. The number of hydrogen-bond acceptors (Lipinski definition) is 6. The minimum absolute atomic E-state index is 0.0370. The zero-order chi connectivity index (χ0) is 15.5. The second-order valence-electron chi connectivity index (χ2n) is 4.15. The van der Waals surface area contributed by atoms with Crippen molar-refractivity contribution in [2.45, 2.75) is 11.4 Å². The summed E-state index contributed by atoms with van der Waals surface area (Å²) in [7, 11) is -2.76. The molecule has 1 aromatic carbocycles. The van der Waals surface area contributed by atoms with Crippen LogP contribution in [0.5, 0.6) is 0 Å². The van der Waals surface area contributed by atoms with Gasteiger partial charge in [0, 0.05) is 5.69 Å². The van der Waals surface area contributed by atoms with Crippen LogP contribution in [0, 0.1) is 0 Å². The Bertz CT molecular complexity index is 738. The van der Waals surface area contributed by atoms with Crippen LogP contribution >= 0.6 is 0 Å². The number of hydrogen-bond donors (Lipinski definition) is 2. The van der Waals surface area contributed by atoms with Gasteiger partial charge in [-0.3, -0.25) is 0 Å². The van der Waals surface area contributed by atoms with Crippen molar-refractivity contribution in [3.63, 3.8) is 0 Å². The molecule has 0 spiro atoms.